The Hall–Kier alpha value is -0.610. The Morgan fingerprint density at radius 2 is 2.10 bits per heavy atom. The fourth-order valence-electron chi connectivity index (χ4n) is 0.914. The maximum Gasteiger partial charge on any atom is 0.220 e. The zero-order valence-corrected chi connectivity index (χ0v) is 5.58. The van der Waals surface area contributed by atoms with Crippen LogP contribution < -0.4 is 5.32 Å². The molecular formula is C6H11NO3. The second kappa shape index (κ2) is 2.98. The van der Waals surface area contributed by atoms with Crippen molar-refractivity contribution in [3.8, 4) is 0 Å². The predicted octanol–water partition coefficient (Wildman–Crippen LogP) is -1.38. The van der Waals surface area contributed by atoms with Crippen LogP contribution in [0.4, 0.5) is 0 Å². The van der Waals surface area contributed by atoms with Crippen molar-refractivity contribution in [1.82, 2.24) is 5.32 Å². The maximum atomic E-state index is 10.6. The van der Waals surface area contributed by atoms with E-state index in [9.17, 15) is 4.79 Å². The highest BCUT2D eigenvalue weighted by atomic mass is 16.3. The third kappa shape index (κ3) is 1.68. The lowest BCUT2D eigenvalue weighted by Gasteiger charge is -2.11. The molecule has 0 unspecified atom stereocenters. The zero-order chi connectivity index (χ0) is 7.56. The van der Waals surface area contributed by atoms with Crippen molar-refractivity contribution in [3.05, 3.63) is 0 Å². The number of aliphatic hydroxyl groups is 2. The van der Waals surface area contributed by atoms with Gasteiger partial charge in [-0.05, 0) is 6.42 Å². The monoisotopic (exact) mass is 145 g/mol. The van der Waals surface area contributed by atoms with Gasteiger partial charge in [-0.3, -0.25) is 4.79 Å². The van der Waals surface area contributed by atoms with E-state index < -0.39 is 12.2 Å². The number of hydrogen-bond acceptors (Lipinski definition) is 3. The van der Waals surface area contributed by atoms with Crippen LogP contribution in [0.2, 0.25) is 0 Å². The molecule has 0 aliphatic carbocycles. The van der Waals surface area contributed by atoms with Gasteiger partial charge in [0.1, 0.15) is 0 Å². The van der Waals surface area contributed by atoms with Crippen molar-refractivity contribution in [1.29, 1.82) is 0 Å². The summed E-state index contributed by atoms with van der Waals surface area (Å²) >= 11 is 0. The average Bonchev–Trinajstić information content (AvgIpc) is 2.04. The molecule has 0 aromatic heterocycles. The summed E-state index contributed by atoms with van der Waals surface area (Å²) in [6, 6.07) is 0. The smallest absolute Gasteiger partial charge is 0.220 e. The maximum absolute atomic E-state index is 10.6. The number of carbonyl (C=O) groups is 1. The molecule has 1 heterocycles. The topological polar surface area (TPSA) is 69.6 Å². The molecule has 3 N–H and O–H groups in total. The van der Waals surface area contributed by atoms with Crippen LogP contribution >= 0.6 is 0 Å². The summed E-state index contributed by atoms with van der Waals surface area (Å²) in [6.07, 6.45) is -0.893. The third-order valence-corrected chi connectivity index (χ3v) is 1.62. The Kier molecular flexibility index (Phi) is 2.24. The molecule has 1 fully saturated rings. The van der Waals surface area contributed by atoms with Crippen molar-refractivity contribution in [2.75, 3.05) is 6.54 Å². The number of rotatable bonds is 0. The highest BCUT2D eigenvalue weighted by molar-refractivity contribution is 5.76. The Bertz CT molecular complexity index is 123. The lowest BCUT2D eigenvalue weighted by molar-refractivity contribution is -0.121. The summed E-state index contributed by atoms with van der Waals surface area (Å²) in [7, 11) is 0. The van der Waals surface area contributed by atoms with Gasteiger partial charge in [-0.1, -0.05) is 0 Å². The molecule has 1 rings (SSSR count). The van der Waals surface area contributed by atoms with E-state index in [2.05, 4.69) is 5.32 Å². The molecule has 0 aromatic rings. The van der Waals surface area contributed by atoms with Gasteiger partial charge < -0.3 is 15.5 Å². The van der Waals surface area contributed by atoms with Crippen LogP contribution in [0.15, 0.2) is 0 Å². The minimum absolute atomic E-state index is 0.101. The van der Waals surface area contributed by atoms with E-state index in [0.29, 0.717) is 12.8 Å². The number of β-amino-alcohol motifs (C(OH)–C–C–N with tert-alkyl or cyclic N) is 1. The number of aliphatic hydroxyl groups excluding tert-OH is 2. The van der Waals surface area contributed by atoms with Gasteiger partial charge in [-0.2, -0.15) is 0 Å². The SMILES string of the molecule is O=C1CC[C@H](O)[C@@H](O)CN1. The first kappa shape index (κ1) is 7.50. The molecule has 1 amide bonds. The Morgan fingerprint density at radius 3 is 2.80 bits per heavy atom. The summed E-state index contributed by atoms with van der Waals surface area (Å²) < 4.78 is 0. The minimum Gasteiger partial charge on any atom is -0.390 e. The highest BCUT2D eigenvalue weighted by Gasteiger charge is 2.21. The van der Waals surface area contributed by atoms with Gasteiger partial charge in [0, 0.05) is 13.0 Å². The van der Waals surface area contributed by atoms with Gasteiger partial charge >= 0.3 is 0 Å². The Morgan fingerprint density at radius 1 is 1.40 bits per heavy atom. The number of amides is 1. The molecule has 0 saturated carbocycles. The molecule has 0 aromatic carbocycles. The van der Waals surface area contributed by atoms with Crippen molar-refractivity contribution in [3.63, 3.8) is 0 Å². The van der Waals surface area contributed by atoms with Crippen molar-refractivity contribution in [2.24, 2.45) is 0 Å². The van der Waals surface area contributed by atoms with E-state index in [0.717, 1.165) is 0 Å². The van der Waals surface area contributed by atoms with Gasteiger partial charge in [0.15, 0.2) is 0 Å². The average molecular weight is 145 g/mol. The molecule has 2 atom stereocenters. The van der Waals surface area contributed by atoms with Gasteiger partial charge in [0.2, 0.25) is 5.91 Å². The lowest BCUT2D eigenvalue weighted by Crippen LogP contribution is -2.34. The predicted molar refractivity (Wildman–Crippen MR) is 34.3 cm³/mol. The van der Waals surface area contributed by atoms with E-state index in [-0.39, 0.29) is 12.5 Å². The van der Waals surface area contributed by atoms with Crippen LogP contribution in [0.25, 0.3) is 0 Å². The van der Waals surface area contributed by atoms with E-state index in [1.807, 2.05) is 0 Å². The molecule has 4 heteroatoms. The Labute approximate surface area is 58.9 Å². The third-order valence-electron chi connectivity index (χ3n) is 1.62. The summed E-state index contributed by atoms with van der Waals surface area (Å²) in [5, 5.41) is 20.5. The zero-order valence-electron chi connectivity index (χ0n) is 5.58. The van der Waals surface area contributed by atoms with Crippen LogP contribution in [0.5, 0.6) is 0 Å². The van der Waals surface area contributed by atoms with Crippen LogP contribution in [-0.4, -0.2) is 34.9 Å². The standard InChI is InChI=1S/C6H11NO3/c8-4-1-2-6(10)7-3-5(4)9/h4-5,8-9H,1-3H2,(H,7,10)/t4-,5-/m0/s1. The minimum atomic E-state index is -0.800. The molecule has 1 saturated heterocycles. The first-order valence-electron chi connectivity index (χ1n) is 3.33. The van der Waals surface area contributed by atoms with Gasteiger partial charge in [-0.25, -0.2) is 0 Å². The van der Waals surface area contributed by atoms with Gasteiger partial charge in [0.25, 0.3) is 0 Å². The first-order chi connectivity index (χ1) is 4.70. The quantitative estimate of drug-likeness (QED) is 0.393. The normalized spacial score (nSPS) is 34.8. The molecule has 0 radical (unpaired) electrons. The van der Waals surface area contributed by atoms with E-state index in [1.54, 1.807) is 0 Å². The fourth-order valence-corrected chi connectivity index (χ4v) is 0.914. The summed E-state index contributed by atoms with van der Waals surface area (Å²) in [4.78, 5) is 10.6. The summed E-state index contributed by atoms with van der Waals surface area (Å²) in [5.41, 5.74) is 0. The molecule has 1 aliphatic rings. The molecule has 4 nitrogen and oxygen atoms in total. The number of carbonyl (C=O) groups excluding carboxylic acids is 1. The van der Waals surface area contributed by atoms with Crippen LogP contribution in [0.1, 0.15) is 12.8 Å². The van der Waals surface area contributed by atoms with Crippen LogP contribution in [-0.2, 0) is 4.79 Å². The largest absolute Gasteiger partial charge is 0.390 e. The van der Waals surface area contributed by atoms with Crippen LogP contribution in [0.3, 0.4) is 0 Å². The van der Waals surface area contributed by atoms with E-state index >= 15 is 0 Å². The highest BCUT2D eigenvalue weighted by Crippen LogP contribution is 2.05. The molecule has 10 heavy (non-hydrogen) atoms. The number of hydrogen-bond donors (Lipinski definition) is 3. The van der Waals surface area contributed by atoms with Crippen molar-refractivity contribution in [2.45, 2.75) is 25.0 Å². The molecule has 1 aliphatic heterocycles. The van der Waals surface area contributed by atoms with Gasteiger partial charge in [-0.15, -0.1) is 0 Å². The first-order valence-corrected chi connectivity index (χ1v) is 3.33. The number of nitrogens with one attached hydrogen (secondary N) is 1. The summed E-state index contributed by atoms with van der Waals surface area (Å²) in [6.45, 7) is 0.167. The second-order valence-electron chi connectivity index (χ2n) is 2.48. The van der Waals surface area contributed by atoms with Crippen LogP contribution in [0, 0.1) is 0 Å². The fraction of sp³-hybridized carbons (Fsp3) is 0.833. The van der Waals surface area contributed by atoms with Crippen molar-refractivity contribution >= 4 is 5.91 Å². The molecule has 0 bridgehead atoms. The second-order valence-corrected chi connectivity index (χ2v) is 2.48. The van der Waals surface area contributed by atoms with E-state index in [4.69, 9.17) is 10.2 Å². The van der Waals surface area contributed by atoms with Gasteiger partial charge in [0.05, 0.1) is 12.2 Å². The molecule has 0 spiro atoms. The molecule has 58 valence electrons. The summed E-state index contributed by atoms with van der Waals surface area (Å²) in [5.74, 6) is -0.101. The van der Waals surface area contributed by atoms with Crippen molar-refractivity contribution < 1.29 is 15.0 Å². The molecular weight excluding hydrogens is 134 g/mol. The van der Waals surface area contributed by atoms with E-state index in [1.165, 1.54) is 0 Å². The Balaban J connectivity index is 2.46. The lowest BCUT2D eigenvalue weighted by atomic mass is 10.1.